The van der Waals surface area contributed by atoms with Crippen LogP contribution in [0.3, 0.4) is 0 Å². The van der Waals surface area contributed by atoms with E-state index < -0.39 is 47.3 Å². The lowest BCUT2D eigenvalue weighted by atomic mass is 9.72. The number of amides is 1. The lowest BCUT2D eigenvalue weighted by molar-refractivity contribution is -0.147. The number of rotatable bonds is 8. The van der Waals surface area contributed by atoms with Gasteiger partial charge in [-0.1, -0.05) is 6.08 Å². The maximum atomic E-state index is 13.7. The number of hydrogen-bond donors (Lipinski definition) is 0. The van der Waals surface area contributed by atoms with Crippen molar-refractivity contribution in [3.8, 4) is 0 Å². The third-order valence-electron chi connectivity index (χ3n) is 10.4. The van der Waals surface area contributed by atoms with Gasteiger partial charge in [0.1, 0.15) is 17.7 Å². The van der Waals surface area contributed by atoms with Gasteiger partial charge in [-0.05, 0) is 99.3 Å². The zero-order valence-electron chi connectivity index (χ0n) is 27.9. The van der Waals surface area contributed by atoms with Gasteiger partial charge in [-0.25, -0.2) is 9.78 Å². The van der Waals surface area contributed by atoms with Crippen molar-refractivity contribution >= 4 is 23.5 Å². The Morgan fingerprint density at radius 3 is 2.20 bits per heavy atom. The van der Waals surface area contributed by atoms with E-state index in [-0.39, 0.29) is 30.4 Å². The van der Waals surface area contributed by atoms with Crippen molar-refractivity contribution in [1.82, 2.24) is 9.88 Å². The Hall–Kier alpha value is -4.23. The highest BCUT2D eigenvalue weighted by molar-refractivity contribution is 5.81. The molecule has 1 aromatic heterocycles. The monoisotopic (exact) mass is 707 g/mol. The maximum absolute atomic E-state index is 13.7. The molecule has 0 spiro atoms. The molecule has 1 amide bonds. The highest BCUT2D eigenvalue weighted by Crippen LogP contribution is 2.44. The van der Waals surface area contributed by atoms with Gasteiger partial charge < -0.3 is 19.1 Å². The minimum atomic E-state index is -5.05. The number of nitrogens with zero attached hydrogens (tertiary/aromatic N) is 3. The fraction of sp³-hybridized carbons (Fsp3) is 0.528. The second-order valence-corrected chi connectivity index (χ2v) is 13.4. The van der Waals surface area contributed by atoms with E-state index in [4.69, 9.17) is 19.2 Å². The van der Waals surface area contributed by atoms with Crippen LogP contribution < -0.4 is 4.90 Å². The van der Waals surface area contributed by atoms with Crippen molar-refractivity contribution in [2.24, 2.45) is 17.8 Å². The van der Waals surface area contributed by atoms with Crippen LogP contribution in [0.25, 0.3) is 5.57 Å². The molecule has 3 atom stereocenters. The van der Waals surface area contributed by atoms with Gasteiger partial charge in [-0.3, -0.25) is 9.69 Å². The number of halogens is 6. The van der Waals surface area contributed by atoms with Crippen LogP contribution >= 0.6 is 0 Å². The van der Waals surface area contributed by atoms with Crippen LogP contribution in [0.1, 0.15) is 79.5 Å². The van der Waals surface area contributed by atoms with Crippen LogP contribution in [0.5, 0.6) is 0 Å². The standard InChI is InChI=1S/C36H39F6N3O5/c1-20-32(24-15-25(35(37,38)39)18-26(16-24)36(40,41)42)50-34(47)45(20)19-29-27(10-12-31(43-29)44-13-4-14-44)28-17-23(9-11-30(28)48-2)21-5-7-22(8-6-21)33(46)49-3/h10-12,15-18,20-23,32H,4-9,13-14,19H2,1-3H3/t20-,21-,22-,23?,32-/m0/s1. The molecule has 2 aliphatic carbocycles. The fourth-order valence-corrected chi connectivity index (χ4v) is 7.45. The summed E-state index contributed by atoms with van der Waals surface area (Å²) in [5.41, 5.74) is -1.40. The Labute approximate surface area is 286 Å². The molecular weight excluding hydrogens is 668 g/mol. The number of benzene rings is 1. The topological polar surface area (TPSA) is 81.2 Å². The number of allylic oxidation sites excluding steroid dienone is 3. The molecule has 0 N–H and O–H groups in total. The van der Waals surface area contributed by atoms with Crippen LogP contribution in [0, 0.1) is 17.8 Å². The van der Waals surface area contributed by atoms with Crippen molar-refractivity contribution in [2.45, 2.75) is 76.5 Å². The number of alkyl halides is 6. The van der Waals surface area contributed by atoms with Crippen LogP contribution in [0.4, 0.5) is 37.0 Å². The zero-order chi connectivity index (χ0) is 36.0. The number of cyclic esters (lactones) is 1. The Bertz CT molecular complexity index is 1640. The van der Waals surface area contributed by atoms with E-state index in [9.17, 15) is 35.9 Å². The third-order valence-corrected chi connectivity index (χ3v) is 10.4. The first-order chi connectivity index (χ1) is 23.7. The van der Waals surface area contributed by atoms with Crippen molar-refractivity contribution in [3.63, 3.8) is 0 Å². The molecule has 3 heterocycles. The number of ether oxygens (including phenoxy) is 3. The SMILES string of the molecule is COC1=CCC([C@H]2CC[C@H](C(=O)OC)CC2)C=C1c1ccc(N2CCC2)nc1CN1C(=O)O[C@H](c2cc(C(F)(F)F)cc(C(F)(F)F)c2)[C@@H]1C. The van der Waals surface area contributed by atoms with Gasteiger partial charge in [0.15, 0.2) is 0 Å². The summed E-state index contributed by atoms with van der Waals surface area (Å²) in [6, 6.07) is 4.14. The van der Waals surface area contributed by atoms with Gasteiger partial charge in [-0.2, -0.15) is 26.3 Å². The summed E-state index contributed by atoms with van der Waals surface area (Å²) in [7, 11) is 2.97. The average molecular weight is 708 g/mol. The lowest BCUT2D eigenvalue weighted by Gasteiger charge is -2.34. The van der Waals surface area contributed by atoms with Gasteiger partial charge in [0, 0.05) is 24.2 Å². The first-order valence-corrected chi connectivity index (χ1v) is 16.7. The van der Waals surface area contributed by atoms with Gasteiger partial charge in [0.25, 0.3) is 0 Å². The van der Waals surface area contributed by atoms with E-state index in [1.165, 1.54) is 18.9 Å². The quantitative estimate of drug-likeness (QED) is 0.202. The Morgan fingerprint density at radius 2 is 1.64 bits per heavy atom. The second kappa shape index (κ2) is 13.8. The van der Waals surface area contributed by atoms with E-state index in [1.807, 2.05) is 18.2 Å². The molecule has 1 saturated carbocycles. The Morgan fingerprint density at radius 1 is 0.980 bits per heavy atom. The molecule has 0 bridgehead atoms. The number of carbonyl (C=O) groups excluding carboxylic acids is 2. The molecule has 0 radical (unpaired) electrons. The highest BCUT2D eigenvalue weighted by atomic mass is 19.4. The van der Waals surface area contributed by atoms with Crippen molar-refractivity contribution in [3.05, 3.63) is 76.2 Å². The van der Waals surface area contributed by atoms with Crippen LogP contribution in [-0.2, 0) is 37.9 Å². The van der Waals surface area contributed by atoms with E-state index >= 15 is 0 Å². The zero-order valence-corrected chi connectivity index (χ0v) is 27.9. The molecule has 1 aromatic carbocycles. The maximum Gasteiger partial charge on any atom is 0.416 e. The molecular formula is C36H39F6N3O5. The van der Waals surface area contributed by atoms with Crippen molar-refractivity contribution in [2.75, 3.05) is 32.2 Å². The smallest absolute Gasteiger partial charge is 0.416 e. The highest BCUT2D eigenvalue weighted by Gasteiger charge is 2.44. The molecule has 270 valence electrons. The number of carbonyl (C=O) groups is 2. The summed E-state index contributed by atoms with van der Waals surface area (Å²) in [4.78, 5) is 33.7. The first kappa shape index (κ1) is 35.6. The second-order valence-electron chi connectivity index (χ2n) is 13.4. The molecule has 2 aliphatic heterocycles. The fourth-order valence-electron chi connectivity index (χ4n) is 7.45. The summed E-state index contributed by atoms with van der Waals surface area (Å²) in [5.74, 6) is 1.49. The summed E-state index contributed by atoms with van der Waals surface area (Å²) in [6.07, 6.45) is -3.26. The third kappa shape index (κ3) is 7.16. The van der Waals surface area contributed by atoms with Gasteiger partial charge in [-0.15, -0.1) is 0 Å². The largest absolute Gasteiger partial charge is 0.496 e. The van der Waals surface area contributed by atoms with Crippen LogP contribution in [0.2, 0.25) is 0 Å². The molecule has 3 fully saturated rings. The summed E-state index contributed by atoms with van der Waals surface area (Å²) < 4.78 is 98.1. The van der Waals surface area contributed by atoms with Gasteiger partial charge >= 0.3 is 24.4 Å². The van der Waals surface area contributed by atoms with E-state index in [0.717, 1.165) is 57.2 Å². The summed E-state index contributed by atoms with van der Waals surface area (Å²) in [5, 5.41) is 0. The van der Waals surface area contributed by atoms with E-state index in [0.29, 0.717) is 40.9 Å². The predicted molar refractivity (Wildman–Crippen MR) is 170 cm³/mol. The molecule has 1 unspecified atom stereocenters. The lowest BCUT2D eigenvalue weighted by Crippen LogP contribution is -2.38. The minimum Gasteiger partial charge on any atom is -0.496 e. The molecule has 2 saturated heterocycles. The average Bonchev–Trinajstić information content (AvgIpc) is 3.34. The Balaban J connectivity index is 1.32. The number of methoxy groups -OCH3 is 2. The number of pyridine rings is 1. The summed E-state index contributed by atoms with van der Waals surface area (Å²) >= 11 is 0. The predicted octanol–water partition coefficient (Wildman–Crippen LogP) is 8.32. The first-order valence-electron chi connectivity index (χ1n) is 16.7. The number of aromatic nitrogens is 1. The van der Waals surface area contributed by atoms with E-state index in [1.54, 1.807) is 7.11 Å². The molecule has 6 rings (SSSR count). The Kier molecular flexibility index (Phi) is 9.84. The molecule has 8 nitrogen and oxygen atoms in total. The molecule has 50 heavy (non-hydrogen) atoms. The number of hydrogen-bond acceptors (Lipinski definition) is 7. The van der Waals surface area contributed by atoms with Gasteiger partial charge in [0.2, 0.25) is 0 Å². The normalized spacial score (nSPS) is 25.8. The molecule has 4 aliphatic rings. The number of anilines is 1. The van der Waals surface area contributed by atoms with Crippen LogP contribution in [0.15, 0.2) is 48.2 Å². The van der Waals surface area contributed by atoms with Crippen molar-refractivity contribution in [1.29, 1.82) is 0 Å². The summed E-state index contributed by atoms with van der Waals surface area (Å²) in [6.45, 7) is 3.02. The van der Waals surface area contributed by atoms with Crippen LogP contribution in [-0.4, -0.2) is 55.3 Å². The van der Waals surface area contributed by atoms with Gasteiger partial charge in [0.05, 0.1) is 49.5 Å². The minimum absolute atomic E-state index is 0.0526. The number of esters is 1. The molecule has 2 aromatic rings. The molecule has 14 heteroatoms. The van der Waals surface area contributed by atoms with E-state index in [2.05, 4.69) is 11.0 Å². The van der Waals surface area contributed by atoms with Crippen molar-refractivity contribution < 1.29 is 50.1 Å².